The van der Waals surface area contributed by atoms with Gasteiger partial charge >= 0.3 is 5.97 Å². The minimum atomic E-state index is -0.955. The second kappa shape index (κ2) is 8.61. The molecule has 2 amide bonds. The zero-order chi connectivity index (χ0) is 18.3. The number of aliphatic carboxylic acids is 1. The summed E-state index contributed by atoms with van der Waals surface area (Å²) in [6.45, 7) is 3.31. The van der Waals surface area contributed by atoms with Crippen molar-refractivity contribution in [3.8, 4) is 0 Å². The van der Waals surface area contributed by atoms with Crippen LogP contribution in [0.3, 0.4) is 0 Å². The van der Waals surface area contributed by atoms with Crippen LogP contribution < -0.4 is 10.6 Å². The van der Waals surface area contributed by atoms with Gasteiger partial charge in [-0.1, -0.05) is 13.0 Å². The Morgan fingerprint density at radius 2 is 1.96 bits per heavy atom. The molecule has 3 N–H and O–H groups in total. The number of rotatable bonds is 8. The van der Waals surface area contributed by atoms with E-state index in [1.165, 1.54) is 25.1 Å². The molecule has 9 nitrogen and oxygen atoms in total. The van der Waals surface area contributed by atoms with E-state index in [2.05, 4.69) is 10.6 Å². The summed E-state index contributed by atoms with van der Waals surface area (Å²) >= 11 is 0. The number of benzene rings is 1. The lowest BCUT2D eigenvalue weighted by molar-refractivity contribution is -0.384. The number of carbonyl (C=O) groups is 3. The molecule has 0 saturated carbocycles. The Hall–Kier alpha value is -2.97. The molecule has 0 aliphatic heterocycles. The largest absolute Gasteiger partial charge is 0.481 e. The van der Waals surface area contributed by atoms with Gasteiger partial charge in [0.25, 0.3) is 11.6 Å². The first kappa shape index (κ1) is 19.1. The van der Waals surface area contributed by atoms with Crippen LogP contribution in [0.25, 0.3) is 0 Å². The maximum absolute atomic E-state index is 12.0. The van der Waals surface area contributed by atoms with Crippen molar-refractivity contribution < 1.29 is 24.4 Å². The van der Waals surface area contributed by atoms with Crippen molar-refractivity contribution in [1.29, 1.82) is 0 Å². The summed E-state index contributed by atoms with van der Waals surface area (Å²) in [6, 6.07) is 4.30. The number of nitrogens with zero attached hydrogens (tertiary/aromatic N) is 1. The van der Waals surface area contributed by atoms with Crippen LogP contribution in [0.4, 0.5) is 5.69 Å². The molecule has 0 bridgehead atoms. The summed E-state index contributed by atoms with van der Waals surface area (Å²) in [4.78, 5) is 44.6. The van der Waals surface area contributed by atoms with Gasteiger partial charge < -0.3 is 15.7 Å². The SMILES string of the molecule is CC(CNC(=O)C(C)NC(=O)c1cccc([N+](=O)[O-])c1)CC(=O)O. The molecular formula is C15H19N3O6. The highest BCUT2D eigenvalue weighted by Gasteiger charge is 2.19. The van der Waals surface area contributed by atoms with Gasteiger partial charge in [0.05, 0.1) is 4.92 Å². The maximum atomic E-state index is 12.0. The third-order valence-electron chi connectivity index (χ3n) is 3.21. The lowest BCUT2D eigenvalue weighted by atomic mass is 10.1. The third-order valence-corrected chi connectivity index (χ3v) is 3.21. The van der Waals surface area contributed by atoms with Gasteiger partial charge in [-0.25, -0.2) is 0 Å². The molecule has 24 heavy (non-hydrogen) atoms. The molecule has 0 aromatic heterocycles. The molecular weight excluding hydrogens is 318 g/mol. The van der Waals surface area contributed by atoms with Gasteiger partial charge in [-0.2, -0.15) is 0 Å². The summed E-state index contributed by atoms with van der Waals surface area (Å²) in [5.74, 6) is -2.28. The number of hydrogen-bond donors (Lipinski definition) is 3. The minimum absolute atomic E-state index is 0.0723. The Kier molecular flexibility index (Phi) is 6.84. The molecule has 2 atom stereocenters. The third kappa shape index (κ3) is 6.03. The van der Waals surface area contributed by atoms with Crippen molar-refractivity contribution in [2.75, 3.05) is 6.54 Å². The second-order valence-electron chi connectivity index (χ2n) is 5.45. The van der Waals surface area contributed by atoms with E-state index in [1.807, 2.05) is 0 Å². The molecule has 0 saturated heterocycles. The Balaban J connectivity index is 2.57. The molecule has 1 rings (SSSR count). The van der Waals surface area contributed by atoms with Crippen LogP contribution in [0.1, 0.15) is 30.6 Å². The van der Waals surface area contributed by atoms with E-state index in [9.17, 15) is 24.5 Å². The summed E-state index contributed by atoms with van der Waals surface area (Å²) < 4.78 is 0. The first-order valence-corrected chi connectivity index (χ1v) is 7.25. The molecule has 0 aliphatic rings. The number of hydrogen-bond acceptors (Lipinski definition) is 5. The molecule has 0 heterocycles. The Morgan fingerprint density at radius 1 is 1.29 bits per heavy atom. The molecule has 0 fully saturated rings. The summed E-state index contributed by atoms with van der Waals surface area (Å²) in [5, 5.41) is 24.3. The first-order chi connectivity index (χ1) is 11.2. The van der Waals surface area contributed by atoms with Gasteiger partial charge in [0.1, 0.15) is 6.04 Å². The topological polar surface area (TPSA) is 139 Å². The number of nitro benzene ring substituents is 1. The highest BCUT2D eigenvalue weighted by atomic mass is 16.6. The zero-order valence-electron chi connectivity index (χ0n) is 13.3. The highest BCUT2D eigenvalue weighted by Crippen LogP contribution is 2.13. The van der Waals surface area contributed by atoms with E-state index >= 15 is 0 Å². The molecule has 130 valence electrons. The van der Waals surface area contributed by atoms with Crippen molar-refractivity contribution >= 4 is 23.5 Å². The average Bonchev–Trinajstić information content (AvgIpc) is 2.51. The monoisotopic (exact) mass is 337 g/mol. The number of nitrogens with one attached hydrogen (secondary N) is 2. The molecule has 1 aromatic carbocycles. The van der Waals surface area contributed by atoms with Crippen LogP contribution >= 0.6 is 0 Å². The number of carboxylic acid groups (broad SMARTS) is 1. The molecule has 0 radical (unpaired) electrons. The van der Waals surface area contributed by atoms with Crippen LogP contribution in [0, 0.1) is 16.0 Å². The predicted molar refractivity (Wildman–Crippen MR) is 84.5 cm³/mol. The van der Waals surface area contributed by atoms with Crippen LogP contribution in [0.2, 0.25) is 0 Å². The van der Waals surface area contributed by atoms with Crippen LogP contribution in [0.5, 0.6) is 0 Å². The lowest BCUT2D eigenvalue weighted by Gasteiger charge is -2.16. The average molecular weight is 337 g/mol. The zero-order valence-corrected chi connectivity index (χ0v) is 13.3. The molecule has 0 spiro atoms. The van der Waals surface area contributed by atoms with Crippen LogP contribution in [-0.2, 0) is 9.59 Å². The summed E-state index contributed by atoms with van der Waals surface area (Å²) in [7, 11) is 0. The number of amides is 2. The van der Waals surface area contributed by atoms with E-state index in [-0.39, 0.29) is 30.1 Å². The Labute approximate surface area is 138 Å². The van der Waals surface area contributed by atoms with Gasteiger partial charge in [-0.3, -0.25) is 24.5 Å². The van der Waals surface area contributed by atoms with Crippen LogP contribution in [-0.4, -0.2) is 40.4 Å². The smallest absolute Gasteiger partial charge is 0.303 e. The van der Waals surface area contributed by atoms with Gasteiger partial charge in [0, 0.05) is 30.7 Å². The lowest BCUT2D eigenvalue weighted by Crippen LogP contribution is -2.45. The molecule has 9 heteroatoms. The van der Waals surface area contributed by atoms with Crippen molar-refractivity contribution in [3.63, 3.8) is 0 Å². The van der Waals surface area contributed by atoms with Gasteiger partial charge in [0.15, 0.2) is 0 Å². The second-order valence-corrected chi connectivity index (χ2v) is 5.45. The fourth-order valence-electron chi connectivity index (χ4n) is 1.90. The number of carboxylic acids is 1. The fourth-order valence-corrected chi connectivity index (χ4v) is 1.90. The van der Waals surface area contributed by atoms with Crippen molar-refractivity contribution in [2.24, 2.45) is 5.92 Å². The van der Waals surface area contributed by atoms with Crippen molar-refractivity contribution in [2.45, 2.75) is 26.3 Å². The number of nitro groups is 1. The van der Waals surface area contributed by atoms with E-state index in [0.717, 1.165) is 6.07 Å². The van der Waals surface area contributed by atoms with Gasteiger partial charge in [-0.15, -0.1) is 0 Å². The Morgan fingerprint density at radius 3 is 2.54 bits per heavy atom. The van der Waals surface area contributed by atoms with E-state index in [0.29, 0.717) is 0 Å². The normalized spacial score (nSPS) is 12.8. The van der Waals surface area contributed by atoms with E-state index < -0.39 is 28.7 Å². The molecule has 2 unspecified atom stereocenters. The van der Waals surface area contributed by atoms with Crippen LogP contribution in [0.15, 0.2) is 24.3 Å². The fraction of sp³-hybridized carbons (Fsp3) is 0.400. The first-order valence-electron chi connectivity index (χ1n) is 7.25. The summed E-state index contributed by atoms with van der Waals surface area (Å²) in [5.41, 5.74) is -0.148. The summed E-state index contributed by atoms with van der Waals surface area (Å²) in [6.07, 6.45) is -0.0747. The minimum Gasteiger partial charge on any atom is -0.481 e. The number of carbonyl (C=O) groups excluding carboxylic acids is 2. The maximum Gasteiger partial charge on any atom is 0.303 e. The van der Waals surface area contributed by atoms with Crippen molar-refractivity contribution in [3.05, 3.63) is 39.9 Å². The standard InChI is InChI=1S/C15H19N3O6/c1-9(6-13(19)20)8-16-14(21)10(2)17-15(22)11-4-3-5-12(7-11)18(23)24/h3-5,7,9-10H,6,8H2,1-2H3,(H,16,21)(H,17,22)(H,19,20). The highest BCUT2D eigenvalue weighted by molar-refractivity contribution is 5.97. The van der Waals surface area contributed by atoms with E-state index in [1.54, 1.807) is 6.92 Å². The van der Waals surface area contributed by atoms with Crippen molar-refractivity contribution in [1.82, 2.24) is 10.6 Å². The number of non-ortho nitro benzene ring substituents is 1. The van der Waals surface area contributed by atoms with E-state index in [4.69, 9.17) is 5.11 Å². The molecule has 0 aliphatic carbocycles. The quantitative estimate of drug-likeness (QED) is 0.476. The predicted octanol–water partition coefficient (Wildman–Crippen LogP) is 0.940. The van der Waals surface area contributed by atoms with Gasteiger partial charge in [-0.05, 0) is 18.9 Å². The molecule has 1 aromatic rings. The van der Waals surface area contributed by atoms with Gasteiger partial charge in [0.2, 0.25) is 5.91 Å². The Bertz CT molecular complexity index is 646.